The van der Waals surface area contributed by atoms with E-state index in [9.17, 15) is 30.6 Å². The lowest BCUT2D eigenvalue weighted by Gasteiger charge is -2.37. The van der Waals surface area contributed by atoms with Gasteiger partial charge in [-0.05, 0) is 88.4 Å². The van der Waals surface area contributed by atoms with Crippen LogP contribution in [0.4, 0.5) is 0 Å². The molecule has 0 saturated heterocycles. The number of benzene rings is 4. The predicted molar refractivity (Wildman–Crippen MR) is 198 cm³/mol. The second-order valence-electron chi connectivity index (χ2n) is 13.6. The fourth-order valence-corrected chi connectivity index (χ4v) is 7.31. The van der Waals surface area contributed by atoms with Crippen LogP contribution < -0.4 is 0 Å². The Morgan fingerprint density at radius 3 is 1.16 bits per heavy atom. The third-order valence-electron chi connectivity index (χ3n) is 10.2. The first-order chi connectivity index (χ1) is 24.5. The van der Waals surface area contributed by atoms with Crippen molar-refractivity contribution in [3.05, 3.63) is 122 Å². The van der Waals surface area contributed by atoms with Crippen molar-refractivity contribution < 1.29 is 44.8 Å². The van der Waals surface area contributed by atoms with Crippen molar-refractivity contribution in [1.82, 2.24) is 0 Å². The van der Waals surface area contributed by atoms with Crippen molar-refractivity contribution in [2.24, 2.45) is 0 Å². The van der Waals surface area contributed by atoms with Gasteiger partial charge in [0.25, 0.3) is 0 Å². The number of phenolic OH excluding ortho intramolecular Hbond substituents is 3. The highest BCUT2D eigenvalue weighted by atomic mass is 16.5. The van der Waals surface area contributed by atoms with Crippen molar-refractivity contribution >= 4 is 0 Å². The number of aliphatic hydroxyl groups is 3. The van der Waals surface area contributed by atoms with Crippen LogP contribution in [0.15, 0.2) is 60.7 Å². The first kappa shape index (κ1) is 39.8. The van der Waals surface area contributed by atoms with Gasteiger partial charge < -0.3 is 44.8 Å². The average molecular weight is 703 g/mol. The molecule has 0 fully saturated rings. The van der Waals surface area contributed by atoms with Crippen LogP contribution in [0.2, 0.25) is 0 Å². The summed E-state index contributed by atoms with van der Waals surface area (Å²) in [5.41, 5.74) is 7.13. The second-order valence-corrected chi connectivity index (χ2v) is 13.6. The number of hydrogen-bond acceptors (Lipinski definition) is 9. The molecule has 9 heteroatoms. The van der Waals surface area contributed by atoms with E-state index in [1.54, 1.807) is 21.3 Å². The largest absolute Gasteiger partial charge is 0.507 e. The smallest absolute Gasteiger partial charge is 0.126 e. The van der Waals surface area contributed by atoms with Gasteiger partial charge in [-0.1, -0.05) is 63.2 Å². The Kier molecular flexibility index (Phi) is 13.7. The summed E-state index contributed by atoms with van der Waals surface area (Å²) in [6, 6.07) is 20.1. The highest BCUT2D eigenvalue weighted by molar-refractivity contribution is 5.59. The maximum absolute atomic E-state index is 11.2. The van der Waals surface area contributed by atoms with Crippen LogP contribution in [0.5, 0.6) is 17.2 Å². The molecule has 0 spiro atoms. The molecule has 1 unspecified atom stereocenters. The molecule has 0 heterocycles. The summed E-state index contributed by atoms with van der Waals surface area (Å²) in [4.78, 5) is 0. The first-order valence-corrected chi connectivity index (χ1v) is 17.4. The van der Waals surface area contributed by atoms with Crippen LogP contribution in [0.1, 0.15) is 88.4 Å². The molecule has 0 bridgehead atoms. The summed E-state index contributed by atoms with van der Waals surface area (Å²) in [7, 11) is 4.74. The Hall–Kier alpha value is -3.96. The van der Waals surface area contributed by atoms with Crippen LogP contribution in [0, 0.1) is 0 Å². The molecule has 1 atom stereocenters. The van der Waals surface area contributed by atoms with E-state index in [4.69, 9.17) is 14.2 Å². The monoisotopic (exact) mass is 702 g/mol. The highest BCUT2D eigenvalue weighted by Gasteiger charge is 2.38. The first-order valence-electron chi connectivity index (χ1n) is 17.4. The molecule has 9 nitrogen and oxygen atoms in total. The highest BCUT2D eigenvalue weighted by Crippen LogP contribution is 2.47. The Bertz CT molecular complexity index is 1610. The Balaban J connectivity index is 2.01. The van der Waals surface area contributed by atoms with Crippen molar-refractivity contribution in [3.8, 4) is 17.2 Å². The minimum atomic E-state index is -0.804. The van der Waals surface area contributed by atoms with E-state index in [0.717, 1.165) is 27.8 Å². The Morgan fingerprint density at radius 1 is 0.471 bits per heavy atom. The van der Waals surface area contributed by atoms with Gasteiger partial charge in [-0.2, -0.15) is 0 Å². The minimum Gasteiger partial charge on any atom is -0.507 e. The number of phenols is 3. The summed E-state index contributed by atoms with van der Waals surface area (Å²) >= 11 is 0. The van der Waals surface area contributed by atoms with Gasteiger partial charge in [-0.3, -0.25) is 0 Å². The third-order valence-corrected chi connectivity index (χ3v) is 10.2. The van der Waals surface area contributed by atoms with Gasteiger partial charge in [0, 0.05) is 68.7 Å². The van der Waals surface area contributed by atoms with Gasteiger partial charge >= 0.3 is 0 Å². The number of ether oxygens (including phenoxy) is 3. The SMILES string of the molecule is CCC(c1ccc(C(C)(C)c2cc(CCO)c(O)c(COC)c2)cc1)(c1cc(CCO)c(O)c(CCO)c1)c1cc(COC)c(O)c(COC)c1. The van der Waals surface area contributed by atoms with Gasteiger partial charge in [0.05, 0.1) is 19.8 Å². The number of methoxy groups -OCH3 is 3. The van der Waals surface area contributed by atoms with Crippen LogP contribution in [0.3, 0.4) is 0 Å². The fourth-order valence-electron chi connectivity index (χ4n) is 7.31. The Morgan fingerprint density at radius 2 is 0.784 bits per heavy atom. The van der Waals surface area contributed by atoms with Crippen molar-refractivity contribution in [1.29, 1.82) is 0 Å². The van der Waals surface area contributed by atoms with Crippen LogP contribution in [0.25, 0.3) is 0 Å². The molecule has 0 aliphatic heterocycles. The molecule has 0 amide bonds. The van der Waals surface area contributed by atoms with Gasteiger partial charge in [0.2, 0.25) is 0 Å². The lowest BCUT2D eigenvalue weighted by molar-refractivity contribution is 0.174. The Labute approximate surface area is 301 Å². The topological polar surface area (TPSA) is 149 Å². The molecule has 4 aromatic carbocycles. The number of hydrogen-bond donors (Lipinski definition) is 6. The fraction of sp³-hybridized carbons (Fsp3) is 0.429. The van der Waals surface area contributed by atoms with E-state index in [-0.39, 0.29) is 69.7 Å². The van der Waals surface area contributed by atoms with Gasteiger partial charge in [-0.25, -0.2) is 0 Å². The van der Waals surface area contributed by atoms with Crippen molar-refractivity contribution in [2.75, 3.05) is 41.2 Å². The van der Waals surface area contributed by atoms with Gasteiger partial charge in [-0.15, -0.1) is 0 Å². The molecular formula is C42H54O9. The maximum atomic E-state index is 11.2. The van der Waals surface area contributed by atoms with E-state index in [0.29, 0.717) is 46.2 Å². The molecule has 0 radical (unpaired) electrons. The van der Waals surface area contributed by atoms with Crippen LogP contribution in [-0.4, -0.2) is 71.8 Å². The maximum Gasteiger partial charge on any atom is 0.126 e. The van der Waals surface area contributed by atoms with Crippen LogP contribution >= 0.6 is 0 Å². The second kappa shape index (κ2) is 17.5. The zero-order chi connectivity index (χ0) is 37.3. The summed E-state index contributed by atoms with van der Waals surface area (Å²) in [5, 5.41) is 62.8. The lowest BCUT2D eigenvalue weighted by atomic mass is 9.65. The van der Waals surface area contributed by atoms with Crippen LogP contribution in [-0.2, 0) is 64.1 Å². The van der Waals surface area contributed by atoms with E-state index in [2.05, 4.69) is 45.0 Å². The summed E-state index contributed by atoms with van der Waals surface area (Å²) in [5.74, 6) is 0.315. The normalized spacial score (nSPS) is 13.0. The zero-order valence-corrected chi connectivity index (χ0v) is 30.8. The van der Waals surface area contributed by atoms with E-state index >= 15 is 0 Å². The molecule has 276 valence electrons. The quantitative estimate of drug-likeness (QED) is 0.0696. The molecule has 0 saturated carbocycles. The number of aromatic hydroxyl groups is 3. The van der Waals surface area contributed by atoms with Crippen molar-refractivity contribution in [3.63, 3.8) is 0 Å². The van der Waals surface area contributed by atoms with E-state index in [1.807, 2.05) is 36.4 Å². The van der Waals surface area contributed by atoms with E-state index in [1.165, 1.54) is 0 Å². The average Bonchev–Trinajstić information content (AvgIpc) is 3.11. The molecule has 4 rings (SSSR count). The molecular weight excluding hydrogens is 648 g/mol. The lowest BCUT2D eigenvalue weighted by Crippen LogP contribution is -2.30. The van der Waals surface area contributed by atoms with Crippen molar-refractivity contribution in [2.45, 2.75) is 77.1 Å². The van der Waals surface area contributed by atoms with E-state index < -0.39 is 10.8 Å². The third kappa shape index (κ3) is 8.09. The predicted octanol–water partition coefficient (Wildman–Crippen LogP) is 5.92. The molecule has 0 aromatic heterocycles. The number of rotatable bonds is 18. The summed E-state index contributed by atoms with van der Waals surface area (Å²) in [6.45, 7) is 6.53. The molecule has 0 aliphatic carbocycles. The molecule has 4 aromatic rings. The standard InChI is InChI=1S/C42H54O9/c1-7-42(36-19-28(13-16-44)38(46)29(20-36)14-17-45,37-22-31(25-50-5)40(48)32(23-37)26-51-6)34-10-8-33(9-11-34)41(2,3)35-18-27(12-15-43)39(47)30(21-35)24-49-4/h8-11,18-23,43-48H,7,12-17,24-26H2,1-6H3. The van der Waals surface area contributed by atoms with Gasteiger partial charge in [0.15, 0.2) is 0 Å². The molecule has 6 N–H and O–H groups in total. The minimum absolute atomic E-state index is 0.0668. The summed E-state index contributed by atoms with van der Waals surface area (Å²) < 4.78 is 16.4. The molecule has 51 heavy (non-hydrogen) atoms. The number of aliphatic hydroxyl groups excluding tert-OH is 3. The molecule has 0 aliphatic rings. The zero-order valence-electron chi connectivity index (χ0n) is 30.8. The summed E-state index contributed by atoms with van der Waals surface area (Å²) in [6.07, 6.45) is 1.38. The van der Waals surface area contributed by atoms with Gasteiger partial charge in [0.1, 0.15) is 17.2 Å².